The zero-order valence-corrected chi connectivity index (χ0v) is 15.8. The topological polar surface area (TPSA) is 71.0 Å². The molecule has 0 saturated carbocycles. The number of carbonyl (C=O) groups excluding carboxylic acids is 1. The van der Waals surface area contributed by atoms with E-state index in [2.05, 4.69) is 33.3 Å². The Labute approximate surface area is 159 Å². The van der Waals surface area contributed by atoms with E-state index in [1.54, 1.807) is 36.6 Å². The molecule has 0 radical (unpaired) electrons. The highest BCUT2D eigenvalue weighted by Gasteiger charge is 2.14. The lowest BCUT2D eigenvalue weighted by Crippen LogP contribution is -2.29. The Balaban J connectivity index is 1.68. The van der Waals surface area contributed by atoms with Crippen LogP contribution in [0, 0.1) is 13.8 Å². The van der Waals surface area contributed by atoms with Crippen LogP contribution < -0.4 is 5.32 Å². The molecule has 0 atom stereocenters. The number of pyridine rings is 1. The summed E-state index contributed by atoms with van der Waals surface area (Å²) in [5, 5.41) is 3.21. The minimum atomic E-state index is -0.129. The van der Waals surface area contributed by atoms with Crippen molar-refractivity contribution in [2.75, 3.05) is 18.9 Å². The van der Waals surface area contributed by atoms with Crippen LogP contribution in [0.1, 0.15) is 27.2 Å². The van der Waals surface area contributed by atoms with E-state index in [1.807, 2.05) is 31.2 Å². The standard InChI is InChI=1S/C21H23N5O/c1-15-5-4-6-18(16(15)2)24-21-23-13-9-19(25-21)20(27)26(3)14-10-17-7-11-22-12-8-17/h4-9,11-13H,10,14H2,1-3H3,(H,23,24,25). The van der Waals surface area contributed by atoms with Gasteiger partial charge in [0.05, 0.1) is 0 Å². The Hall–Kier alpha value is -3.28. The largest absolute Gasteiger partial charge is 0.340 e. The molecular weight excluding hydrogens is 338 g/mol. The molecule has 3 rings (SSSR count). The molecule has 0 spiro atoms. The van der Waals surface area contributed by atoms with Gasteiger partial charge in [-0.1, -0.05) is 12.1 Å². The third-order valence-corrected chi connectivity index (χ3v) is 4.56. The Morgan fingerprint density at radius 1 is 1.07 bits per heavy atom. The van der Waals surface area contributed by atoms with E-state index in [9.17, 15) is 4.79 Å². The number of carbonyl (C=O) groups is 1. The first kappa shape index (κ1) is 18.5. The van der Waals surface area contributed by atoms with E-state index in [-0.39, 0.29) is 5.91 Å². The molecule has 1 N–H and O–H groups in total. The first-order valence-corrected chi connectivity index (χ1v) is 8.85. The first-order valence-electron chi connectivity index (χ1n) is 8.85. The van der Waals surface area contributed by atoms with Gasteiger partial charge in [0.2, 0.25) is 5.95 Å². The smallest absolute Gasteiger partial charge is 0.272 e. The number of likely N-dealkylation sites (N-methyl/N-ethyl adjacent to an activating group) is 1. The number of aryl methyl sites for hydroxylation is 1. The molecular formula is C21H23N5O. The van der Waals surface area contributed by atoms with Gasteiger partial charge in [0.25, 0.3) is 5.91 Å². The molecule has 0 aliphatic rings. The Bertz CT molecular complexity index is 927. The molecule has 27 heavy (non-hydrogen) atoms. The van der Waals surface area contributed by atoms with Crippen molar-refractivity contribution in [3.8, 4) is 0 Å². The Morgan fingerprint density at radius 3 is 2.63 bits per heavy atom. The summed E-state index contributed by atoms with van der Waals surface area (Å²) in [5.74, 6) is 0.285. The number of rotatable bonds is 6. The second kappa shape index (κ2) is 8.40. The van der Waals surface area contributed by atoms with Crippen molar-refractivity contribution in [3.63, 3.8) is 0 Å². The molecule has 0 aliphatic carbocycles. The van der Waals surface area contributed by atoms with Gasteiger partial charge in [0.1, 0.15) is 5.69 Å². The van der Waals surface area contributed by atoms with Gasteiger partial charge in [0.15, 0.2) is 0 Å². The SMILES string of the molecule is Cc1cccc(Nc2nccc(C(=O)N(C)CCc3ccncc3)n2)c1C. The maximum atomic E-state index is 12.7. The van der Waals surface area contributed by atoms with Crippen LogP contribution in [0.2, 0.25) is 0 Å². The number of hydrogen-bond acceptors (Lipinski definition) is 5. The summed E-state index contributed by atoms with van der Waals surface area (Å²) >= 11 is 0. The average molecular weight is 361 g/mol. The van der Waals surface area contributed by atoms with Crippen LogP contribution in [-0.4, -0.2) is 39.4 Å². The molecule has 1 amide bonds. The number of nitrogens with one attached hydrogen (secondary N) is 1. The van der Waals surface area contributed by atoms with Gasteiger partial charge in [-0.2, -0.15) is 0 Å². The molecule has 0 aliphatic heterocycles. The number of aromatic nitrogens is 3. The second-order valence-electron chi connectivity index (χ2n) is 6.47. The van der Waals surface area contributed by atoms with Gasteiger partial charge in [-0.05, 0) is 61.2 Å². The summed E-state index contributed by atoms with van der Waals surface area (Å²) in [6.45, 7) is 4.70. The van der Waals surface area contributed by atoms with Crippen molar-refractivity contribution in [2.45, 2.75) is 20.3 Å². The Morgan fingerprint density at radius 2 is 1.85 bits per heavy atom. The van der Waals surface area contributed by atoms with Crippen LogP contribution >= 0.6 is 0 Å². The number of hydrogen-bond donors (Lipinski definition) is 1. The fraction of sp³-hybridized carbons (Fsp3) is 0.238. The van der Waals surface area contributed by atoms with E-state index in [0.29, 0.717) is 18.2 Å². The lowest BCUT2D eigenvalue weighted by Gasteiger charge is -2.17. The van der Waals surface area contributed by atoms with Crippen molar-refractivity contribution in [1.82, 2.24) is 19.9 Å². The predicted octanol–water partition coefficient (Wildman–Crippen LogP) is 3.55. The number of anilines is 2. The maximum Gasteiger partial charge on any atom is 0.272 e. The lowest BCUT2D eigenvalue weighted by molar-refractivity contribution is 0.0791. The highest BCUT2D eigenvalue weighted by molar-refractivity contribution is 5.92. The lowest BCUT2D eigenvalue weighted by atomic mass is 10.1. The quantitative estimate of drug-likeness (QED) is 0.727. The molecule has 138 valence electrons. The van der Waals surface area contributed by atoms with Crippen LogP contribution in [0.4, 0.5) is 11.6 Å². The van der Waals surface area contributed by atoms with E-state index < -0.39 is 0 Å². The van der Waals surface area contributed by atoms with Crippen LogP contribution in [0.15, 0.2) is 55.0 Å². The van der Waals surface area contributed by atoms with Crippen molar-refractivity contribution < 1.29 is 4.79 Å². The monoisotopic (exact) mass is 361 g/mol. The normalized spacial score (nSPS) is 10.5. The van der Waals surface area contributed by atoms with Crippen LogP contribution in [-0.2, 0) is 6.42 Å². The van der Waals surface area contributed by atoms with Gasteiger partial charge in [-0.15, -0.1) is 0 Å². The number of benzene rings is 1. The third kappa shape index (κ3) is 4.67. The van der Waals surface area contributed by atoms with E-state index in [0.717, 1.165) is 23.2 Å². The molecule has 6 nitrogen and oxygen atoms in total. The van der Waals surface area contributed by atoms with Gasteiger partial charge in [0, 0.05) is 37.9 Å². The minimum absolute atomic E-state index is 0.129. The molecule has 0 fully saturated rings. The van der Waals surface area contributed by atoms with Gasteiger partial charge >= 0.3 is 0 Å². The van der Waals surface area contributed by atoms with Crippen molar-refractivity contribution in [3.05, 3.63) is 77.4 Å². The summed E-state index contributed by atoms with van der Waals surface area (Å²) in [4.78, 5) is 27.0. The minimum Gasteiger partial charge on any atom is -0.340 e. The molecule has 1 aromatic carbocycles. The third-order valence-electron chi connectivity index (χ3n) is 4.56. The summed E-state index contributed by atoms with van der Waals surface area (Å²) in [7, 11) is 1.78. The molecule has 2 heterocycles. The molecule has 0 saturated heterocycles. The fourth-order valence-electron chi connectivity index (χ4n) is 2.69. The average Bonchev–Trinajstić information content (AvgIpc) is 2.70. The maximum absolute atomic E-state index is 12.7. The highest BCUT2D eigenvalue weighted by atomic mass is 16.2. The molecule has 6 heteroatoms. The van der Waals surface area contributed by atoms with E-state index in [1.165, 1.54) is 5.56 Å². The predicted molar refractivity (Wildman–Crippen MR) is 106 cm³/mol. The summed E-state index contributed by atoms with van der Waals surface area (Å²) < 4.78 is 0. The second-order valence-corrected chi connectivity index (χ2v) is 6.47. The van der Waals surface area contributed by atoms with Crippen LogP contribution in [0.25, 0.3) is 0 Å². The van der Waals surface area contributed by atoms with E-state index in [4.69, 9.17) is 0 Å². The van der Waals surface area contributed by atoms with Crippen LogP contribution in [0.5, 0.6) is 0 Å². The summed E-state index contributed by atoms with van der Waals surface area (Å²) in [5.41, 5.74) is 4.76. The molecule has 3 aromatic rings. The van der Waals surface area contributed by atoms with Gasteiger partial charge in [-0.25, -0.2) is 9.97 Å². The summed E-state index contributed by atoms with van der Waals surface area (Å²) in [6, 6.07) is 11.6. The van der Waals surface area contributed by atoms with E-state index >= 15 is 0 Å². The Kier molecular flexibility index (Phi) is 5.76. The number of amides is 1. The van der Waals surface area contributed by atoms with Crippen molar-refractivity contribution >= 4 is 17.5 Å². The molecule has 2 aromatic heterocycles. The van der Waals surface area contributed by atoms with Crippen molar-refractivity contribution in [1.29, 1.82) is 0 Å². The number of nitrogens with zero attached hydrogens (tertiary/aromatic N) is 4. The fourth-order valence-corrected chi connectivity index (χ4v) is 2.69. The first-order chi connectivity index (χ1) is 13.0. The van der Waals surface area contributed by atoms with Gasteiger partial charge in [-0.3, -0.25) is 9.78 Å². The zero-order chi connectivity index (χ0) is 19.2. The molecule has 0 bridgehead atoms. The van der Waals surface area contributed by atoms with Gasteiger partial charge < -0.3 is 10.2 Å². The molecule has 0 unspecified atom stereocenters. The van der Waals surface area contributed by atoms with Crippen LogP contribution in [0.3, 0.4) is 0 Å². The zero-order valence-electron chi connectivity index (χ0n) is 15.8. The summed E-state index contributed by atoms with van der Waals surface area (Å²) in [6.07, 6.45) is 5.88. The van der Waals surface area contributed by atoms with Crippen molar-refractivity contribution in [2.24, 2.45) is 0 Å². The highest BCUT2D eigenvalue weighted by Crippen LogP contribution is 2.21.